The number of benzene rings is 2. The lowest BCUT2D eigenvalue weighted by atomic mass is 10.1. The van der Waals surface area contributed by atoms with Crippen LogP contribution in [0.3, 0.4) is 0 Å². The summed E-state index contributed by atoms with van der Waals surface area (Å²) in [5.74, 6) is -0.0802. The zero-order chi connectivity index (χ0) is 18.7. The molecular formula is C19H17N3O3S. The highest BCUT2D eigenvalue weighted by atomic mass is 32.2. The molecule has 2 aromatic rings. The van der Waals surface area contributed by atoms with E-state index in [9.17, 15) is 9.59 Å². The van der Waals surface area contributed by atoms with Crippen molar-refractivity contribution in [3.63, 3.8) is 0 Å². The molecule has 6 nitrogen and oxygen atoms in total. The topological polar surface area (TPSA) is 93.8 Å². The summed E-state index contributed by atoms with van der Waals surface area (Å²) in [6.07, 6.45) is 0. The molecule has 3 rings (SSSR count). The number of carbonyl (C=O) groups is 2. The number of methoxy groups -OCH3 is 1. The van der Waals surface area contributed by atoms with E-state index in [2.05, 4.69) is 10.3 Å². The first-order chi connectivity index (χ1) is 12.5. The lowest BCUT2D eigenvalue weighted by Crippen LogP contribution is -2.20. The standard InChI is InChI=1S/C19H17N3O3S/c1-11(12-6-5-7-13(10-12)25-2)16-18(24)22-19(26-16)21-15-9-4-3-8-14(15)17(20)23/h3-10H,1-2H3,(H2,20,23)(H,21,22,24)/b16-11-. The summed E-state index contributed by atoms with van der Waals surface area (Å²) < 4.78 is 5.23. The number of carbonyl (C=O) groups excluding carboxylic acids is 2. The maximum atomic E-state index is 12.4. The summed E-state index contributed by atoms with van der Waals surface area (Å²) in [7, 11) is 1.60. The molecule has 3 N–H and O–H groups in total. The molecule has 1 heterocycles. The Morgan fingerprint density at radius 2 is 1.96 bits per heavy atom. The average molecular weight is 367 g/mol. The number of nitrogens with zero attached hydrogens (tertiary/aromatic N) is 1. The lowest BCUT2D eigenvalue weighted by Gasteiger charge is -2.06. The van der Waals surface area contributed by atoms with Gasteiger partial charge in [0.05, 0.1) is 23.3 Å². The Labute approximate surface area is 155 Å². The Morgan fingerprint density at radius 3 is 2.69 bits per heavy atom. The van der Waals surface area contributed by atoms with E-state index in [0.29, 0.717) is 21.3 Å². The number of aliphatic imine (C=N–C) groups is 1. The highest BCUT2D eigenvalue weighted by Gasteiger charge is 2.27. The SMILES string of the molecule is COc1cccc(/C(C)=C2\SC(=Nc3ccccc3C(N)=O)NC2=O)c1. The Balaban J connectivity index is 1.95. The minimum atomic E-state index is -0.567. The molecule has 0 spiro atoms. The molecule has 0 unspecified atom stereocenters. The van der Waals surface area contributed by atoms with Gasteiger partial charge in [0.25, 0.3) is 11.8 Å². The number of amides is 2. The predicted molar refractivity (Wildman–Crippen MR) is 103 cm³/mol. The fourth-order valence-corrected chi connectivity index (χ4v) is 3.39. The molecule has 2 aromatic carbocycles. The monoisotopic (exact) mass is 367 g/mol. The number of nitrogens with two attached hydrogens (primary N) is 1. The molecular weight excluding hydrogens is 350 g/mol. The molecule has 1 fully saturated rings. The number of nitrogens with one attached hydrogen (secondary N) is 1. The van der Waals surface area contributed by atoms with Gasteiger partial charge < -0.3 is 15.8 Å². The van der Waals surface area contributed by atoms with Crippen LogP contribution in [0, 0.1) is 0 Å². The normalized spacial score (nSPS) is 17.2. The maximum absolute atomic E-state index is 12.4. The van der Waals surface area contributed by atoms with Gasteiger partial charge in [0.1, 0.15) is 5.75 Å². The summed E-state index contributed by atoms with van der Waals surface area (Å²) in [6.45, 7) is 1.87. The number of amidine groups is 1. The highest BCUT2D eigenvalue weighted by molar-refractivity contribution is 8.18. The van der Waals surface area contributed by atoms with E-state index < -0.39 is 5.91 Å². The van der Waals surface area contributed by atoms with Crippen LogP contribution in [-0.2, 0) is 4.79 Å². The first-order valence-corrected chi connectivity index (χ1v) is 8.63. The number of thioether (sulfide) groups is 1. The summed E-state index contributed by atoms with van der Waals surface area (Å²) in [4.78, 5) is 28.8. The molecule has 0 atom stereocenters. The van der Waals surface area contributed by atoms with Crippen LogP contribution in [0.1, 0.15) is 22.8 Å². The average Bonchev–Trinajstić information content (AvgIpc) is 3.01. The van der Waals surface area contributed by atoms with Crippen molar-refractivity contribution in [2.24, 2.45) is 10.7 Å². The molecule has 26 heavy (non-hydrogen) atoms. The van der Waals surface area contributed by atoms with Crippen molar-refractivity contribution in [3.05, 3.63) is 64.6 Å². The lowest BCUT2D eigenvalue weighted by molar-refractivity contribution is -0.115. The Morgan fingerprint density at radius 1 is 1.19 bits per heavy atom. The summed E-state index contributed by atoms with van der Waals surface area (Å²) >= 11 is 1.23. The second-order valence-corrected chi connectivity index (χ2v) is 6.54. The number of ether oxygens (including phenoxy) is 1. The van der Waals surface area contributed by atoms with Crippen LogP contribution < -0.4 is 15.8 Å². The van der Waals surface area contributed by atoms with E-state index in [1.54, 1.807) is 31.4 Å². The van der Waals surface area contributed by atoms with Gasteiger partial charge in [0.2, 0.25) is 0 Å². The van der Waals surface area contributed by atoms with Gasteiger partial charge in [-0.2, -0.15) is 0 Å². The third kappa shape index (κ3) is 3.62. The van der Waals surface area contributed by atoms with Crippen LogP contribution in [0.5, 0.6) is 5.75 Å². The predicted octanol–water partition coefficient (Wildman–Crippen LogP) is 3.08. The van der Waals surface area contributed by atoms with Crippen LogP contribution in [0.2, 0.25) is 0 Å². The first kappa shape index (κ1) is 17.8. The Bertz CT molecular complexity index is 951. The van der Waals surface area contributed by atoms with Gasteiger partial charge in [-0.25, -0.2) is 4.99 Å². The molecule has 0 radical (unpaired) electrons. The second-order valence-electron chi connectivity index (χ2n) is 5.54. The Hall–Kier alpha value is -3.06. The van der Waals surface area contributed by atoms with E-state index in [1.165, 1.54) is 11.8 Å². The van der Waals surface area contributed by atoms with Crippen LogP contribution in [0.4, 0.5) is 5.69 Å². The molecule has 2 amide bonds. The van der Waals surface area contributed by atoms with E-state index in [-0.39, 0.29) is 5.91 Å². The zero-order valence-corrected chi connectivity index (χ0v) is 15.1. The fourth-order valence-electron chi connectivity index (χ4n) is 2.50. The number of para-hydroxylation sites is 1. The van der Waals surface area contributed by atoms with E-state index >= 15 is 0 Å². The smallest absolute Gasteiger partial charge is 0.264 e. The third-order valence-electron chi connectivity index (χ3n) is 3.86. The van der Waals surface area contributed by atoms with Crippen LogP contribution in [0.25, 0.3) is 5.57 Å². The molecule has 132 valence electrons. The van der Waals surface area contributed by atoms with Gasteiger partial charge >= 0.3 is 0 Å². The van der Waals surface area contributed by atoms with Crippen molar-refractivity contribution in [2.45, 2.75) is 6.92 Å². The van der Waals surface area contributed by atoms with Crippen LogP contribution in [0.15, 0.2) is 58.4 Å². The van der Waals surface area contributed by atoms with Crippen molar-refractivity contribution in [1.29, 1.82) is 0 Å². The van der Waals surface area contributed by atoms with Gasteiger partial charge in [-0.15, -0.1) is 0 Å². The van der Waals surface area contributed by atoms with E-state index in [4.69, 9.17) is 10.5 Å². The van der Waals surface area contributed by atoms with Gasteiger partial charge in [-0.1, -0.05) is 24.3 Å². The molecule has 0 aromatic heterocycles. The minimum absolute atomic E-state index is 0.231. The van der Waals surface area contributed by atoms with Crippen molar-refractivity contribution in [1.82, 2.24) is 5.32 Å². The second kappa shape index (κ2) is 7.45. The van der Waals surface area contributed by atoms with E-state index in [0.717, 1.165) is 16.9 Å². The highest BCUT2D eigenvalue weighted by Crippen LogP contribution is 2.34. The largest absolute Gasteiger partial charge is 0.497 e. The Kier molecular flexibility index (Phi) is 5.09. The summed E-state index contributed by atoms with van der Waals surface area (Å²) in [5, 5.41) is 3.13. The first-order valence-electron chi connectivity index (χ1n) is 7.81. The van der Waals surface area contributed by atoms with Gasteiger partial charge in [-0.3, -0.25) is 9.59 Å². The zero-order valence-electron chi connectivity index (χ0n) is 14.3. The van der Waals surface area contributed by atoms with Crippen molar-refractivity contribution >= 4 is 40.0 Å². The number of rotatable bonds is 4. The van der Waals surface area contributed by atoms with Gasteiger partial charge in [0.15, 0.2) is 5.17 Å². The van der Waals surface area contributed by atoms with Crippen molar-refractivity contribution in [3.8, 4) is 5.75 Å². The quantitative estimate of drug-likeness (QED) is 0.812. The van der Waals surface area contributed by atoms with Crippen molar-refractivity contribution in [2.75, 3.05) is 7.11 Å². The summed E-state index contributed by atoms with van der Waals surface area (Å²) in [6, 6.07) is 14.2. The molecule has 1 aliphatic rings. The number of allylic oxidation sites excluding steroid dienone is 1. The summed E-state index contributed by atoms with van der Waals surface area (Å²) in [5.41, 5.74) is 7.80. The number of primary amides is 1. The molecule has 7 heteroatoms. The van der Waals surface area contributed by atoms with Crippen LogP contribution >= 0.6 is 11.8 Å². The van der Waals surface area contributed by atoms with Gasteiger partial charge in [-0.05, 0) is 54.1 Å². The molecule has 0 saturated carbocycles. The number of hydrogen-bond acceptors (Lipinski definition) is 5. The number of hydrogen-bond donors (Lipinski definition) is 2. The minimum Gasteiger partial charge on any atom is -0.497 e. The fraction of sp³-hybridized carbons (Fsp3) is 0.105. The van der Waals surface area contributed by atoms with Gasteiger partial charge in [0, 0.05) is 0 Å². The molecule has 0 aliphatic carbocycles. The molecule has 1 saturated heterocycles. The van der Waals surface area contributed by atoms with E-state index in [1.807, 2.05) is 31.2 Å². The molecule has 0 bridgehead atoms. The molecule has 1 aliphatic heterocycles. The van der Waals surface area contributed by atoms with Crippen LogP contribution in [-0.4, -0.2) is 24.1 Å². The van der Waals surface area contributed by atoms with Crippen molar-refractivity contribution < 1.29 is 14.3 Å². The third-order valence-corrected chi connectivity index (χ3v) is 4.94. The maximum Gasteiger partial charge on any atom is 0.264 e.